The van der Waals surface area contributed by atoms with Crippen molar-refractivity contribution >= 4 is 12.4 Å². The van der Waals surface area contributed by atoms with Crippen molar-refractivity contribution in [3.05, 3.63) is 35.1 Å². The molecular weight excluding hydrogens is 287 g/mol. The Hall–Kier alpha value is -0.640. The lowest BCUT2D eigenvalue weighted by Gasteiger charge is -2.35. The maximum absolute atomic E-state index is 13.1. The van der Waals surface area contributed by atoms with Crippen LogP contribution in [0.25, 0.3) is 0 Å². The van der Waals surface area contributed by atoms with E-state index in [0.29, 0.717) is 0 Å². The highest BCUT2D eigenvalue weighted by molar-refractivity contribution is 5.85. The standard InChI is InChI=1S/C17H25FN2.ClH/c1-13-11-16(18)5-4-15(13)12-20-9-6-14(7-10-20)17-3-2-8-19-17;/h4-5,11,14,17,19H,2-3,6-10,12H2,1H3;1H. The van der Waals surface area contributed by atoms with E-state index >= 15 is 0 Å². The molecule has 0 aromatic heterocycles. The van der Waals surface area contributed by atoms with Crippen molar-refractivity contribution < 1.29 is 4.39 Å². The van der Waals surface area contributed by atoms with Crippen LogP contribution in [-0.4, -0.2) is 30.6 Å². The van der Waals surface area contributed by atoms with E-state index in [2.05, 4.69) is 10.2 Å². The Labute approximate surface area is 133 Å². The third-order valence-electron chi connectivity index (χ3n) is 5.00. The molecule has 0 amide bonds. The smallest absolute Gasteiger partial charge is 0.123 e. The van der Waals surface area contributed by atoms with Crippen LogP contribution in [0.4, 0.5) is 4.39 Å². The maximum Gasteiger partial charge on any atom is 0.123 e. The quantitative estimate of drug-likeness (QED) is 0.918. The fraction of sp³-hybridized carbons (Fsp3) is 0.647. The molecule has 2 fully saturated rings. The summed E-state index contributed by atoms with van der Waals surface area (Å²) in [5, 5.41) is 3.65. The number of aryl methyl sites for hydroxylation is 1. The number of nitrogens with one attached hydrogen (secondary N) is 1. The number of hydrogen-bond acceptors (Lipinski definition) is 2. The first-order chi connectivity index (χ1) is 9.72. The van der Waals surface area contributed by atoms with Crippen molar-refractivity contribution in [2.75, 3.05) is 19.6 Å². The van der Waals surface area contributed by atoms with Crippen molar-refractivity contribution in [2.24, 2.45) is 5.92 Å². The van der Waals surface area contributed by atoms with Gasteiger partial charge in [0.25, 0.3) is 0 Å². The number of benzene rings is 1. The lowest BCUT2D eigenvalue weighted by Crippen LogP contribution is -2.40. The van der Waals surface area contributed by atoms with Crippen LogP contribution in [0.1, 0.15) is 36.8 Å². The van der Waals surface area contributed by atoms with Crippen LogP contribution in [0, 0.1) is 18.7 Å². The second-order valence-electron chi connectivity index (χ2n) is 6.39. The van der Waals surface area contributed by atoms with Gasteiger partial charge >= 0.3 is 0 Å². The monoisotopic (exact) mass is 312 g/mol. The highest BCUT2D eigenvalue weighted by Crippen LogP contribution is 2.26. The number of hydrogen-bond donors (Lipinski definition) is 1. The third kappa shape index (κ3) is 4.18. The Morgan fingerprint density at radius 3 is 2.62 bits per heavy atom. The molecule has 3 rings (SSSR count). The van der Waals surface area contributed by atoms with Gasteiger partial charge in [0.05, 0.1) is 0 Å². The van der Waals surface area contributed by atoms with E-state index in [-0.39, 0.29) is 18.2 Å². The highest BCUT2D eigenvalue weighted by Gasteiger charge is 2.28. The van der Waals surface area contributed by atoms with E-state index in [4.69, 9.17) is 0 Å². The zero-order chi connectivity index (χ0) is 13.9. The molecule has 0 bridgehead atoms. The summed E-state index contributed by atoms with van der Waals surface area (Å²) in [6.45, 7) is 6.55. The second-order valence-corrected chi connectivity index (χ2v) is 6.39. The Morgan fingerprint density at radius 2 is 2.00 bits per heavy atom. The summed E-state index contributed by atoms with van der Waals surface area (Å²) in [4.78, 5) is 2.52. The normalized spacial score (nSPS) is 24.0. The van der Waals surface area contributed by atoms with Crippen molar-refractivity contribution in [1.82, 2.24) is 10.2 Å². The number of likely N-dealkylation sites (tertiary alicyclic amines) is 1. The lowest BCUT2D eigenvalue weighted by atomic mass is 9.88. The molecule has 1 atom stereocenters. The molecule has 4 heteroatoms. The average molecular weight is 313 g/mol. The van der Waals surface area contributed by atoms with Gasteiger partial charge < -0.3 is 5.32 Å². The van der Waals surface area contributed by atoms with E-state index < -0.39 is 0 Å². The van der Waals surface area contributed by atoms with Crippen LogP contribution >= 0.6 is 12.4 Å². The molecule has 21 heavy (non-hydrogen) atoms. The molecule has 118 valence electrons. The van der Waals surface area contributed by atoms with Gasteiger partial charge in [0.1, 0.15) is 5.82 Å². The maximum atomic E-state index is 13.1. The van der Waals surface area contributed by atoms with E-state index in [9.17, 15) is 4.39 Å². The summed E-state index contributed by atoms with van der Waals surface area (Å²) >= 11 is 0. The largest absolute Gasteiger partial charge is 0.314 e. The second kappa shape index (κ2) is 7.57. The number of nitrogens with zero attached hydrogens (tertiary/aromatic N) is 1. The van der Waals surface area contributed by atoms with Crippen molar-refractivity contribution in [3.8, 4) is 0 Å². The fourth-order valence-corrected chi connectivity index (χ4v) is 3.70. The number of piperidine rings is 1. The first-order valence-corrected chi connectivity index (χ1v) is 7.93. The van der Waals surface area contributed by atoms with E-state index in [0.717, 1.165) is 24.1 Å². The Bertz CT molecular complexity index is 452. The molecule has 1 unspecified atom stereocenters. The topological polar surface area (TPSA) is 15.3 Å². The van der Waals surface area contributed by atoms with Crippen molar-refractivity contribution in [3.63, 3.8) is 0 Å². The molecule has 2 heterocycles. The molecule has 0 radical (unpaired) electrons. The van der Waals surface area contributed by atoms with Crippen LogP contribution in [0.2, 0.25) is 0 Å². The van der Waals surface area contributed by atoms with Gasteiger partial charge in [-0.3, -0.25) is 4.90 Å². The Morgan fingerprint density at radius 1 is 1.24 bits per heavy atom. The van der Waals surface area contributed by atoms with Crippen LogP contribution in [0.5, 0.6) is 0 Å². The van der Waals surface area contributed by atoms with E-state index in [1.54, 1.807) is 12.1 Å². The molecule has 2 saturated heterocycles. The molecule has 0 spiro atoms. The molecule has 1 aromatic carbocycles. The van der Waals surface area contributed by atoms with Gasteiger partial charge in [-0.25, -0.2) is 4.39 Å². The van der Waals surface area contributed by atoms with Gasteiger partial charge in [-0.1, -0.05) is 6.07 Å². The molecule has 0 saturated carbocycles. The van der Waals surface area contributed by atoms with E-state index in [1.165, 1.54) is 50.9 Å². The number of rotatable bonds is 3. The molecule has 0 aliphatic carbocycles. The van der Waals surface area contributed by atoms with Crippen LogP contribution < -0.4 is 5.32 Å². The summed E-state index contributed by atoms with van der Waals surface area (Å²) < 4.78 is 13.1. The van der Waals surface area contributed by atoms with Gasteiger partial charge in [-0.05, 0) is 81.4 Å². The van der Waals surface area contributed by atoms with Gasteiger partial charge in [0, 0.05) is 12.6 Å². The summed E-state index contributed by atoms with van der Waals surface area (Å²) in [6, 6.07) is 5.93. The summed E-state index contributed by atoms with van der Waals surface area (Å²) in [6.07, 6.45) is 5.32. The fourth-order valence-electron chi connectivity index (χ4n) is 3.70. The molecular formula is C17H26ClFN2. The highest BCUT2D eigenvalue weighted by atomic mass is 35.5. The van der Waals surface area contributed by atoms with Gasteiger partial charge in [-0.15, -0.1) is 12.4 Å². The van der Waals surface area contributed by atoms with E-state index in [1.807, 2.05) is 13.0 Å². The van der Waals surface area contributed by atoms with Crippen LogP contribution in [0.15, 0.2) is 18.2 Å². The molecule has 2 aliphatic rings. The molecule has 2 nitrogen and oxygen atoms in total. The average Bonchev–Trinajstić information content (AvgIpc) is 2.97. The van der Waals surface area contributed by atoms with Crippen LogP contribution in [-0.2, 0) is 6.54 Å². The minimum atomic E-state index is -0.128. The number of halogens is 2. The van der Waals surface area contributed by atoms with Gasteiger partial charge in [0.2, 0.25) is 0 Å². The molecule has 1 N–H and O–H groups in total. The zero-order valence-corrected chi connectivity index (χ0v) is 13.6. The van der Waals surface area contributed by atoms with Crippen molar-refractivity contribution in [1.29, 1.82) is 0 Å². The summed E-state index contributed by atoms with van der Waals surface area (Å²) in [5.41, 5.74) is 2.34. The molecule has 1 aromatic rings. The third-order valence-corrected chi connectivity index (χ3v) is 5.00. The minimum Gasteiger partial charge on any atom is -0.314 e. The van der Waals surface area contributed by atoms with Crippen molar-refractivity contribution in [2.45, 2.75) is 45.2 Å². The Balaban J connectivity index is 0.00000161. The molecule has 2 aliphatic heterocycles. The van der Waals surface area contributed by atoms with Gasteiger partial charge in [-0.2, -0.15) is 0 Å². The first kappa shape index (κ1) is 16.7. The predicted molar refractivity (Wildman–Crippen MR) is 87.4 cm³/mol. The summed E-state index contributed by atoms with van der Waals surface area (Å²) in [7, 11) is 0. The zero-order valence-electron chi connectivity index (χ0n) is 12.8. The van der Waals surface area contributed by atoms with Crippen LogP contribution in [0.3, 0.4) is 0 Å². The lowest BCUT2D eigenvalue weighted by molar-refractivity contribution is 0.157. The first-order valence-electron chi connectivity index (χ1n) is 7.93. The Kier molecular flexibility index (Phi) is 6.03. The SMILES string of the molecule is Cc1cc(F)ccc1CN1CCC(C2CCCN2)CC1.Cl. The summed E-state index contributed by atoms with van der Waals surface area (Å²) in [5.74, 6) is 0.736. The minimum absolute atomic E-state index is 0. The predicted octanol–water partition coefficient (Wildman–Crippen LogP) is 3.52. The van der Waals surface area contributed by atoms with Gasteiger partial charge in [0.15, 0.2) is 0 Å².